The minimum atomic E-state index is -0.305. The number of hydrogen-bond acceptors (Lipinski definition) is 5. The molecular weight excluding hydrogens is 338 g/mol. The van der Waals surface area contributed by atoms with Gasteiger partial charge in [-0.15, -0.1) is 0 Å². The van der Waals surface area contributed by atoms with Crippen LogP contribution in [0.25, 0.3) is 21.0 Å². The summed E-state index contributed by atoms with van der Waals surface area (Å²) in [6.45, 7) is -0.165. The number of aromatic nitrogens is 2. The van der Waals surface area contributed by atoms with Crippen molar-refractivity contribution in [2.75, 3.05) is 11.9 Å². The van der Waals surface area contributed by atoms with E-state index in [9.17, 15) is 9.59 Å². The number of rotatable bonds is 4. The number of pyridine rings is 1. The lowest BCUT2D eigenvalue weighted by atomic mass is 10.1. The molecular formula is C18H13N3O3S. The van der Waals surface area contributed by atoms with E-state index >= 15 is 0 Å². The molecule has 0 spiro atoms. The zero-order chi connectivity index (χ0) is 17.2. The molecule has 2 N–H and O–H groups in total. The first-order valence-corrected chi connectivity index (χ1v) is 8.41. The first-order chi connectivity index (χ1) is 12.2. The van der Waals surface area contributed by atoms with Gasteiger partial charge in [-0.2, -0.15) is 0 Å². The fourth-order valence-electron chi connectivity index (χ4n) is 2.54. The Bertz CT molecular complexity index is 1100. The number of thiazole rings is 1. The van der Waals surface area contributed by atoms with Crippen LogP contribution in [0.1, 0.15) is 0 Å². The van der Waals surface area contributed by atoms with E-state index in [-0.39, 0.29) is 18.1 Å². The predicted molar refractivity (Wildman–Crippen MR) is 98.3 cm³/mol. The Labute approximate surface area is 146 Å². The van der Waals surface area contributed by atoms with Gasteiger partial charge in [0.1, 0.15) is 5.75 Å². The summed E-state index contributed by atoms with van der Waals surface area (Å²) in [5, 5.41) is 4.45. The van der Waals surface area contributed by atoms with E-state index in [0.717, 1.165) is 10.2 Å². The number of anilines is 1. The van der Waals surface area contributed by atoms with E-state index < -0.39 is 0 Å². The molecule has 0 bridgehead atoms. The summed E-state index contributed by atoms with van der Waals surface area (Å²) in [5.74, 6) is 0.184. The number of H-pyrrole nitrogens is 1. The Morgan fingerprint density at radius 2 is 2.00 bits per heavy atom. The molecule has 0 aliphatic carbocycles. The number of benzene rings is 2. The molecule has 0 aliphatic rings. The highest BCUT2D eigenvalue weighted by Crippen LogP contribution is 2.26. The van der Waals surface area contributed by atoms with E-state index in [4.69, 9.17) is 4.74 Å². The van der Waals surface area contributed by atoms with Gasteiger partial charge in [0, 0.05) is 11.6 Å². The van der Waals surface area contributed by atoms with Gasteiger partial charge in [-0.1, -0.05) is 29.5 Å². The maximum atomic E-state index is 12.1. The Balaban J connectivity index is 1.49. The quantitative estimate of drug-likeness (QED) is 0.591. The first-order valence-electron chi connectivity index (χ1n) is 7.59. The van der Waals surface area contributed by atoms with Crippen molar-refractivity contribution in [1.29, 1.82) is 0 Å². The zero-order valence-corrected chi connectivity index (χ0v) is 13.8. The average molecular weight is 351 g/mol. The number of nitrogens with zero attached hydrogens (tertiary/aromatic N) is 1. The topological polar surface area (TPSA) is 84.1 Å². The molecule has 0 atom stereocenters. The Morgan fingerprint density at radius 1 is 1.12 bits per heavy atom. The maximum absolute atomic E-state index is 12.1. The van der Waals surface area contributed by atoms with Gasteiger partial charge in [0.15, 0.2) is 11.7 Å². The average Bonchev–Trinajstić information content (AvgIpc) is 3.02. The van der Waals surface area contributed by atoms with Gasteiger partial charge in [-0.3, -0.25) is 14.9 Å². The summed E-state index contributed by atoms with van der Waals surface area (Å²) in [7, 11) is 0. The SMILES string of the molecule is O=C(COc1cccc2c(=O)[nH]ccc12)Nc1nc2ccccc2s1. The molecule has 0 saturated carbocycles. The second-order valence-corrected chi connectivity index (χ2v) is 6.38. The van der Waals surface area contributed by atoms with E-state index in [1.807, 2.05) is 24.3 Å². The highest BCUT2D eigenvalue weighted by atomic mass is 32.1. The Hall–Kier alpha value is -3.19. The minimum absolute atomic E-state index is 0.165. The largest absolute Gasteiger partial charge is 0.483 e. The fourth-order valence-corrected chi connectivity index (χ4v) is 3.42. The molecule has 4 aromatic rings. The number of nitrogens with one attached hydrogen (secondary N) is 2. The Morgan fingerprint density at radius 3 is 2.88 bits per heavy atom. The number of amides is 1. The van der Waals surface area contributed by atoms with E-state index in [2.05, 4.69) is 15.3 Å². The van der Waals surface area contributed by atoms with Crippen LogP contribution in [0.4, 0.5) is 5.13 Å². The third-order valence-corrected chi connectivity index (χ3v) is 4.63. The number of aromatic amines is 1. The molecule has 25 heavy (non-hydrogen) atoms. The Kier molecular flexibility index (Phi) is 3.91. The number of hydrogen-bond donors (Lipinski definition) is 2. The van der Waals surface area contributed by atoms with Crippen LogP contribution < -0.4 is 15.6 Å². The molecule has 1 amide bonds. The lowest BCUT2D eigenvalue weighted by Crippen LogP contribution is -2.20. The summed E-state index contributed by atoms with van der Waals surface area (Å²) >= 11 is 1.41. The molecule has 2 heterocycles. The smallest absolute Gasteiger partial charge is 0.264 e. The van der Waals surface area contributed by atoms with Gasteiger partial charge >= 0.3 is 0 Å². The molecule has 2 aromatic heterocycles. The summed E-state index contributed by atoms with van der Waals surface area (Å²) in [6, 6.07) is 14.6. The number of para-hydroxylation sites is 1. The fraction of sp³-hybridized carbons (Fsp3) is 0.0556. The molecule has 0 radical (unpaired) electrons. The standard InChI is InChI=1S/C18H13N3O3S/c22-16(21-18-20-13-5-1-2-7-15(13)25-18)10-24-14-6-3-4-12-11(14)8-9-19-17(12)23/h1-9H,10H2,(H,19,23)(H,20,21,22). The van der Waals surface area contributed by atoms with E-state index in [0.29, 0.717) is 21.7 Å². The second-order valence-electron chi connectivity index (χ2n) is 5.35. The first kappa shape index (κ1) is 15.3. The van der Waals surface area contributed by atoms with Gasteiger partial charge in [0.25, 0.3) is 11.5 Å². The summed E-state index contributed by atoms with van der Waals surface area (Å²) in [5.41, 5.74) is 0.652. The highest BCUT2D eigenvalue weighted by Gasteiger charge is 2.10. The van der Waals surface area contributed by atoms with Crippen LogP contribution in [0.2, 0.25) is 0 Å². The monoisotopic (exact) mass is 351 g/mol. The molecule has 4 rings (SSSR count). The van der Waals surface area contributed by atoms with E-state index in [1.165, 1.54) is 11.3 Å². The highest BCUT2D eigenvalue weighted by molar-refractivity contribution is 7.22. The molecule has 2 aromatic carbocycles. The van der Waals surface area contributed by atoms with Crippen LogP contribution in [0, 0.1) is 0 Å². The van der Waals surface area contributed by atoms with Crippen molar-refractivity contribution >= 4 is 43.4 Å². The normalized spacial score (nSPS) is 10.9. The van der Waals surface area contributed by atoms with Crippen LogP contribution in [0.3, 0.4) is 0 Å². The number of carbonyl (C=O) groups is 1. The van der Waals surface area contributed by atoms with Gasteiger partial charge in [-0.05, 0) is 30.3 Å². The van der Waals surface area contributed by atoms with E-state index in [1.54, 1.807) is 30.5 Å². The zero-order valence-electron chi connectivity index (χ0n) is 13.0. The van der Waals surface area contributed by atoms with Crippen molar-refractivity contribution in [2.45, 2.75) is 0 Å². The molecule has 0 fully saturated rings. The van der Waals surface area contributed by atoms with Crippen molar-refractivity contribution in [3.8, 4) is 5.75 Å². The van der Waals surface area contributed by atoms with Crippen LogP contribution in [-0.2, 0) is 4.79 Å². The molecule has 0 aliphatic heterocycles. The van der Waals surface area contributed by atoms with Gasteiger partial charge in [0.2, 0.25) is 0 Å². The van der Waals surface area contributed by atoms with Crippen molar-refractivity contribution < 1.29 is 9.53 Å². The van der Waals surface area contributed by atoms with Crippen LogP contribution in [-0.4, -0.2) is 22.5 Å². The maximum Gasteiger partial charge on any atom is 0.264 e. The minimum Gasteiger partial charge on any atom is -0.483 e. The van der Waals surface area contributed by atoms with Crippen molar-refractivity contribution in [1.82, 2.24) is 9.97 Å². The van der Waals surface area contributed by atoms with Gasteiger partial charge in [0.05, 0.1) is 15.6 Å². The lowest BCUT2D eigenvalue weighted by molar-refractivity contribution is -0.118. The molecule has 0 unspecified atom stereocenters. The molecule has 0 saturated heterocycles. The van der Waals surface area contributed by atoms with Gasteiger partial charge < -0.3 is 9.72 Å². The molecule has 7 heteroatoms. The number of fused-ring (bicyclic) bond motifs is 2. The van der Waals surface area contributed by atoms with Gasteiger partial charge in [-0.25, -0.2) is 4.98 Å². The molecule has 124 valence electrons. The molecule has 6 nitrogen and oxygen atoms in total. The third-order valence-electron chi connectivity index (χ3n) is 3.67. The van der Waals surface area contributed by atoms with Crippen LogP contribution >= 0.6 is 11.3 Å². The predicted octanol–water partition coefficient (Wildman–Crippen LogP) is 3.16. The third kappa shape index (κ3) is 3.09. The summed E-state index contributed by atoms with van der Waals surface area (Å²) < 4.78 is 6.60. The number of carbonyl (C=O) groups excluding carboxylic acids is 1. The van der Waals surface area contributed by atoms with Crippen LogP contribution in [0.15, 0.2) is 59.5 Å². The second kappa shape index (κ2) is 6.37. The van der Waals surface area contributed by atoms with Crippen molar-refractivity contribution in [2.24, 2.45) is 0 Å². The van der Waals surface area contributed by atoms with Crippen LogP contribution in [0.5, 0.6) is 5.75 Å². The summed E-state index contributed by atoms with van der Waals surface area (Å²) in [6.07, 6.45) is 1.55. The van der Waals surface area contributed by atoms with Crippen molar-refractivity contribution in [3.63, 3.8) is 0 Å². The van der Waals surface area contributed by atoms with Crippen molar-refractivity contribution in [3.05, 3.63) is 65.1 Å². The number of ether oxygens (including phenoxy) is 1. The lowest BCUT2D eigenvalue weighted by Gasteiger charge is -2.08. The summed E-state index contributed by atoms with van der Waals surface area (Å²) in [4.78, 5) is 30.9.